The first kappa shape index (κ1) is 33.4. The minimum atomic E-state index is -1.33. The van der Waals surface area contributed by atoms with E-state index < -0.39 is 53.1 Å². The van der Waals surface area contributed by atoms with E-state index in [4.69, 9.17) is 5.73 Å². The first-order valence-electron chi connectivity index (χ1n) is 15.7. The number of nitrogens with one attached hydrogen (secondary N) is 1. The van der Waals surface area contributed by atoms with Gasteiger partial charge in [-0.15, -0.1) is 5.10 Å². The van der Waals surface area contributed by atoms with Crippen molar-refractivity contribution in [3.05, 3.63) is 48.0 Å². The van der Waals surface area contributed by atoms with Crippen LogP contribution in [0.5, 0.6) is 0 Å². The van der Waals surface area contributed by atoms with Crippen LogP contribution < -0.4 is 11.1 Å². The van der Waals surface area contributed by atoms with Crippen molar-refractivity contribution in [2.45, 2.75) is 89.4 Å². The lowest BCUT2D eigenvalue weighted by atomic mass is 9.85. The van der Waals surface area contributed by atoms with E-state index in [1.54, 1.807) is 38.2 Å². The highest BCUT2D eigenvalue weighted by atomic mass is 16.3. The quantitative estimate of drug-likeness (QED) is 0.213. The number of amides is 4. The number of nitrogens with zero attached hydrogens (tertiary/aromatic N) is 7. The van der Waals surface area contributed by atoms with Gasteiger partial charge in [-0.05, 0) is 57.4 Å². The van der Waals surface area contributed by atoms with E-state index in [-0.39, 0.29) is 36.7 Å². The van der Waals surface area contributed by atoms with Gasteiger partial charge in [-0.3, -0.25) is 29.0 Å². The largest absolute Gasteiger partial charge is 0.384 e. The third-order valence-electron chi connectivity index (χ3n) is 8.75. The molecule has 3 aromatic rings. The summed E-state index contributed by atoms with van der Waals surface area (Å²) in [4.78, 5) is 79.5. The summed E-state index contributed by atoms with van der Waals surface area (Å²) in [5, 5.41) is 21.3. The SMILES string of the molecule is CC(NC(=O)[C@@H]1C[C@H](n2nncc2C(C)(C)O)CN1C(=O)/C(CC1CCCCC1)=N/C(=O)c1ccc2ncccc2n1)C(=O)C(N)=O. The predicted molar refractivity (Wildman–Crippen MR) is 169 cm³/mol. The molecule has 1 aliphatic carbocycles. The van der Waals surface area contributed by atoms with Gasteiger partial charge in [-0.25, -0.2) is 14.7 Å². The van der Waals surface area contributed by atoms with Crippen molar-refractivity contribution in [3.8, 4) is 0 Å². The number of likely N-dealkylation sites (tertiary alicyclic amines) is 1. The number of pyridine rings is 2. The maximum absolute atomic E-state index is 14.4. The first-order chi connectivity index (χ1) is 22.3. The zero-order valence-electron chi connectivity index (χ0n) is 26.6. The monoisotopic (exact) mass is 645 g/mol. The van der Waals surface area contributed by atoms with Gasteiger partial charge in [-0.2, -0.15) is 0 Å². The Bertz CT molecular complexity index is 1720. The average molecular weight is 646 g/mol. The number of aliphatic imine (C=N–C) groups is 1. The zero-order chi connectivity index (χ0) is 33.9. The van der Waals surface area contributed by atoms with E-state index in [0.29, 0.717) is 16.7 Å². The van der Waals surface area contributed by atoms with Crippen molar-refractivity contribution in [2.75, 3.05) is 6.54 Å². The molecule has 248 valence electrons. The number of aliphatic hydroxyl groups is 1. The summed E-state index contributed by atoms with van der Waals surface area (Å²) in [6.45, 7) is 4.44. The van der Waals surface area contributed by atoms with Gasteiger partial charge in [0.15, 0.2) is 0 Å². The topological polar surface area (TPSA) is 216 Å². The molecule has 3 aromatic heterocycles. The molecule has 2 aliphatic rings. The molecule has 0 radical (unpaired) electrons. The average Bonchev–Trinajstić information content (AvgIpc) is 3.72. The van der Waals surface area contributed by atoms with E-state index in [9.17, 15) is 29.1 Å². The molecule has 0 aromatic carbocycles. The van der Waals surface area contributed by atoms with E-state index in [2.05, 4.69) is 30.6 Å². The zero-order valence-corrected chi connectivity index (χ0v) is 26.6. The third kappa shape index (κ3) is 7.56. The van der Waals surface area contributed by atoms with Crippen LogP contribution in [-0.2, 0) is 24.8 Å². The number of carbonyl (C=O) groups excluding carboxylic acids is 5. The molecule has 15 nitrogen and oxygen atoms in total. The Morgan fingerprint density at radius 2 is 1.85 bits per heavy atom. The fourth-order valence-corrected chi connectivity index (χ4v) is 6.27. The second kappa shape index (κ2) is 13.8. The van der Waals surface area contributed by atoms with Crippen LogP contribution >= 0.6 is 0 Å². The Labute approximate surface area is 271 Å². The van der Waals surface area contributed by atoms with Crippen molar-refractivity contribution in [3.63, 3.8) is 0 Å². The van der Waals surface area contributed by atoms with E-state index in [0.717, 1.165) is 32.1 Å². The van der Waals surface area contributed by atoms with Crippen LogP contribution in [0.15, 0.2) is 41.7 Å². The van der Waals surface area contributed by atoms with E-state index >= 15 is 0 Å². The minimum Gasteiger partial charge on any atom is -0.384 e. The number of ketones is 1. The van der Waals surface area contributed by atoms with Crippen LogP contribution in [0.4, 0.5) is 0 Å². The number of nitrogens with two attached hydrogens (primary N) is 1. The third-order valence-corrected chi connectivity index (χ3v) is 8.75. The van der Waals surface area contributed by atoms with Crippen LogP contribution in [0, 0.1) is 5.92 Å². The fourth-order valence-electron chi connectivity index (χ4n) is 6.27. The Balaban J connectivity index is 1.50. The van der Waals surface area contributed by atoms with Gasteiger partial charge in [-0.1, -0.05) is 37.3 Å². The molecule has 1 aliphatic heterocycles. The molecule has 2 fully saturated rings. The summed E-state index contributed by atoms with van der Waals surface area (Å²) in [7, 11) is 0. The van der Waals surface area contributed by atoms with Gasteiger partial charge < -0.3 is 21.1 Å². The van der Waals surface area contributed by atoms with Crippen LogP contribution in [0.25, 0.3) is 11.0 Å². The second-order valence-electron chi connectivity index (χ2n) is 12.8. The predicted octanol–water partition coefficient (Wildman–Crippen LogP) is 1.40. The molecule has 0 bridgehead atoms. The summed E-state index contributed by atoms with van der Waals surface area (Å²) < 4.78 is 1.47. The highest BCUT2D eigenvalue weighted by Gasteiger charge is 2.44. The number of fused-ring (bicyclic) bond motifs is 1. The number of carbonyl (C=O) groups is 5. The molecule has 47 heavy (non-hydrogen) atoms. The van der Waals surface area contributed by atoms with Crippen LogP contribution in [-0.4, -0.2) is 88.7 Å². The van der Waals surface area contributed by atoms with Crippen LogP contribution in [0.2, 0.25) is 0 Å². The Kier molecular flexibility index (Phi) is 9.84. The maximum atomic E-state index is 14.4. The molecule has 15 heteroatoms. The number of rotatable bonds is 10. The molecule has 4 N–H and O–H groups in total. The molecular weight excluding hydrogens is 606 g/mol. The fraction of sp³-hybridized carbons (Fsp3) is 0.500. The summed E-state index contributed by atoms with van der Waals surface area (Å²) in [6, 6.07) is 3.63. The first-order valence-corrected chi connectivity index (χ1v) is 15.7. The second-order valence-corrected chi connectivity index (χ2v) is 12.8. The minimum absolute atomic E-state index is 0.00371. The Morgan fingerprint density at radius 3 is 2.55 bits per heavy atom. The van der Waals surface area contributed by atoms with E-state index in [1.807, 2.05) is 0 Å². The molecule has 0 spiro atoms. The standard InChI is InChI=1S/C32H39N9O6/c1-18(27(42)28(33)43)36-30(45)25-15-20(41-26(16-35-39-41)32(2,3)47)17-40(25)31(46)24(14-19-8-5-4-6-9-19)38-29(44)23-12-11-21-22(37-23)10-7-13-34-21/h7,10-13,16,18-20,25,47H,4-6,8-9,14-15,17H2,1-3H3,(H2,33,43)(H,36,45)/b38-24+/t18?,20-,25-/m0/s1. The summed E-state index contributed by atoms with van der Waals surface area (Å²) in [5.74, 6) is -4.09. The molecule has 4 amide bonds. The van der Waals surface area contributed by atoms with Crippen molar-refractivity contribution >= 4 is 46.2 Å². The molecule has 1 saturated heterocycles. The molecule has 4 heterocycles. The molecule has 1 unspecified atom stereocenters. The highest BCUT2D eigenvalue weighted by molar-refractivity contribution is 6.41. The molecule has 3 atom stereocenters. The van der Waals surface area contributed by atoms with Crippen LogP contribution in [0.1, 0.15) is 87.9 Å². The normalized spacial score (nSPS) is 19.8. The van der Waals surface area contributed by atoms with Crippen molar-refractivity contribution in [1.82, 2.24) is 35.2 Å². The van der Waals surface area contributed by atoms with Gasteiger partial charge in [0, 0.05) is 19.2 Å². The van der Waals surface area contributed by atoms with Gasteiger partial charge in [0.05, 0.1) is 35.0 Å². The van der Waals surface area contributed by atoms with Crippen molar-refractivity contribution in [2.24, 2.45) is 16.6 Å². The van der Waals surface area contributed by atoms with Gasteiger partial charge in [0.25, 0.3) is 17.7 Å². The number of hydrogen-bond donors (Lipinski definition) is 3. The van der Waals surface area contributed by atoms with Crippen molar-refractivity contribution < 1.29 is 29.1 Å². The lowest BCUT2D eigenvalue weighted by Gasteiger charge is -2.27. The summed E-state index contributed by atoms with van der Waals surface area (Å²) in [5.41, 5.74) is 5.33. The molecular formula is C32H39N9O6. The lowest BCUT2D eigenvalue weighted by Crippen LogP contribution is -2.52. The number of hydrogen-bond acceptors (Lipinski definition) is 10. The number of primary amides is 1. The Hall–Kier alpha value is -4.92. The van der Waals surface area contributed by atoms with Crippen LogP contribution in [0.3, 0.4) is 0 Å². The number of Topliss-reactive ketones (excluding diaryl/α,β-unsaturated/α-hetero) is 1. The lowest BCUT2D eigenvalue weighted by molar-refractivity contribution is -0.139. The van der Waals surface area contributed by atoms with Gasteiger partial charge in [0.1, 0.15) is 23.0 Å². The maximum Gasteiger partial charge on any atom is 0.296 e. The molecule has 1 saturated carbocycles. The highest BCUT2D eigenvalue weighted by Crippen LogP contribution is 2.33. The number of aromatic nitrogens is 5. The summed E-state index contributed by atoms with van der Waals surface area (Å²) >= 11 is 0. The van der Waals surface area contributed by atoms with Gasteiger partial charge in [0.2, 0.25) is 11.7 Å². The Morgan fingerprint density at radius 1 is 1.11 bits per heavy atom. The van der Waals surface area contributed by atoms with Crippen molar-refractivity contribution in [1.29, 1.82) is 0 Å². The molecule has 5 rings (SSSR count). The smallest absolute Gasteiger partial charge is 0.296 e. The van der Waals surface area contributed by atoms with E-state index in [1.165, 1.54) is 28.8 Å². The van der Waals surface area contributed by atoms with Gasteiger partial charge >= 0.3 is 0 Å². The summed E-state index contributed by atoms with van der Waals surface area (Å²) in [6.07, 6.45) is 8.12.